The van der Waals surface area contributed by atoms with Crippen LogP contribution in [0.25, 0.3) is 0 Å². The van der Waals surface area contributed by atoms with Gasteiger partial charge in [0.15, 0.2) is 6.10 Å². The lowest BCUT2D eigenvalue weighted by molar-refractivity contribution is -0.156. The molecule has 3 heterocycles. The van der Waals surface area contributed by atoms with E-state index in [0.717, 1.165) is 32.6 Å². The summed E-state index contributed by atoms with van der Waals surface area (Å²) in [6, 6.07) is 0.484. The molecule has 3 rings (SSSR count). The van der Waals surface area contributed by atoms with Gasteiger partial charge in [-0.1, -0.05) is 6.42 Å². The minimum Gasteiger partial charge on any atom is -0.479 e. The zero-order valence-electron chi connectivity index (χ0n) is 11.7. The van der Waals surface area contributed by atoms with Gasteiger partial charge in [0, 0.05) is 25.7 Å². The molecule has 0 saturated carbocycles. The molecule has 1 N–H and O–H groups in total. The van der Waals surface area contributed by atoms with Crippen molar-refractivity contribution < 1.29 is 19.4 Å². The highest BCUT2D eigenvalue weighted by atomic mass is 16.5. The highest BCUT2D eigenvalue weighted by Gasteiger charge is 2.39. The van der Waals surface area contributed by atoms with E-state index in [2.05, 4.69) is 4.90 Å². The lowest BCUT2D eigenvalue weighted by atomic mass is 9.99. The maximum Gasteiger partial charge on any atom is 0.332 e. The van der Waals surface area contributed by atoms with Crippen molar-refractivity contribution in [1.82, 2.24) is 9.80 Å². The van der Waals surface area contributed by atoms with Crippen molar-refractivity contribution in [3.05, 3.63) is 0 Å². The summed E-state index contributed by atoms with van der Waals surface area (Å²) in [6.45, 7) is 3.60. The van der Waals surface area contributed by atoms with Crippen LogP contribution in [-0.4, -0.2) is 71.2 Å². The van der Waals surface area contributed by atoms with Gasteiger partial charge in [0.2, 0.25) is 0 Å². The van der Waals surface area contributed by atoms with E-state index >= 15 is 0 Å². The molecule has 0 aromatic carbocycles. The topological polar surface area (TPSA) is 70.1 Å². The Kier molecular flexibility index (Phi) is 3.94. The predicted octanol–water partition coefficient (Wildman–Crippen LogP) is 0.315. The van der Waals surface area contributed by atoms with Gasteiger partial charge < -0.3 is 14.7 Å². The van der Waals surface area contributed by atoms with E-state index < -0.39 is 18.2 Å². The smallest absolute Gasteiger partial charge is 0.332 e. The van der Waals surface area contributed by atoms with Crippen LogP contribution in [0.5, 0.6) is 0 Å². The maximum absolute atomic E-state index is 12.4. The third kappa shape index (κ3) is 2.67. The monoisotopic (exact) mass is 282 g/mol. The lowest BCUT2D eigenvalue weighted by Gasteiger charge is -2.44. The van der Waals surface area contributed by atoms with Crippen LogP contribution < -0.4 is 0 Å². The minimum atomic E-state index is -0.961. The van der Waals surface area contributed by atoms with Crippen molar-refractivity contribution in [2.24, 2.45) is 0 Å². The average Bonchev–Trinajstić information content (AvgIpc) is 2.96. The quantitative estimate of drug-likeness (QED) is 0.789. The number of rotatable bonds is 2. The second-order valence-electron chi connectivity index (χ2n) is 6.00. The van der Waals surface area contributed by atoms with Gasteiger partial charge in [-0.25, -0.2) is 4.79 Å². The van der Waals surface area contributed by atoms with Crippen LogP contribution in [0.1, 0.15) is 32.1 Å². The Balaban J connectivity index is 1.57. The largest absolute Gasteiger partial charge is 0.479 e. The van der Waals surface area contributed by atoms with Gasteiger partial charge in [-0.3, -0.25) is 9.69 Å². The molecule has 0 spiro atoms. The number of ether oxygens (including phenoxy) is 1. The summed E-state index contributed by atoms with van der Waals surface area (Å²) in [5.41, 5.74) is 0. The predicted molar refractivity (Wildman–Crippen MR) is 71.3 cm³/mol. The molecule has 3 saturated heterocycles. The zero-order valence-corrected chi connectivity index (χ0v) is 11.7. The van der Waals surface area contributed by atoms with Crippen LogP contribution in [0.3, 0.4) is 0 Å². The normalized spacial score (nSPS) is 34.8. The molecule has 3 aliphatic heterocycles. The van der Waals surface area contributed by atoms with Gasteiger partial charge in [-0.15, -0.1) is 0 Å². The lowest BCUT2D eigenvalue weighted by Crippen LogP contribution is -2.57. The third-order valence-electron chi connectivity index (χ3n) is 4.72. The first-order valence-corrected chi connectivity index (χ1v) is 7.56. The van der Waals surface area contributed by atoms with E-state index in [-0.39, 0.29) is 5.91 Å². The summed E-state index contributed by atoms with van der Waals surface area (Å²) in [6.07, 6.45) is 3.27. The fourth-order valence-corrected chi connectivity index (χ4v) is 3.56. The maximum atomic E-state index is 12.4. The van der Waals surface area contributed by atoms with Crippen LogP contribution in [0.2, 0.25) is 0 Å². The number of amides is 1. The molecular weight excluding hydrogens is 260 g/mol. The molecule has 6 nitrogen and oxygen atoms in total. The molecule has 112 valence electrons. The van der Waals surface area contributed by atoms with Crippen molar-refractivity contribution >= 4 is 11.9 Å². The van der Waals surface area contributed by atoms with Gasteiger partial charge in [0.05, 0.1) is 0 Å². The molecule has 1 unspecified atom stereocenters. The first-order valence-electron chi connectivity index (χ1n) is 7.56. The molecule has 3 aliphatic rings. The summed E-state index contributed by atoms with van der Waals surface area (Å²) in [5, 5.41) is 8.92. The molecule has 3 atom stereocenters. The van der Waals surface area contributed by atoms with Crippen molar-refractivity contribution in [3.63, 3.8) is 0 Å². The summed E-state index contributed by atoms with van der Waals surface area (Å²) in [5.74, 6) is -0.976. The fourth-order valence-electron chi connectivity index (χ4n) is 3.56. The Morgan fingerprint density at radius 1 is 1.00 bits per heavy atom. The van der Waals surface area contributed by atoms with Crippen LogP contribution in [0, 0.1) is 0 Å². The molecule has 0 bridgehead atoms. The molecule has 0 aromatic heterocycles. The first-order chi connectivity index (χ1) is 9.65. The SMILES string of the molecule is O=C(O)[C@H]1CC[C@@H](C(=O)N2CCN3CCCCC3C2)O1. The second kappa shape index (κ2) is 5.69. The molecule has 1 amide bonds. The van der Waals surface area contributed by atoms with Crippen LogP contribution in [0.4, 0.5) is 0 Å². The molecule has 20 heavy (non-hydrogen) atoms. The third-order valence-corrected chi connectivity index (χ3v) is 4.72. The fraction of sp³-hybridized carbons (Fsp3) is 0.857. The van der Waals surface area contributed by atoms with Gasteiger partial charge in [0.1, 0.15) is 6.10 Å². The number of carbonyl (C=O) groups is 2. The summed E-state index contributed by atoms with van der Waals surface area (Å²) < 4.78 is 5.37. The second-order valence-corrected chi connectivity index (χ2v) is 6.00. The summed E-state index contributed by atoms with van der Waals surface area (Å²) in [4.78, 5) is 27.7. The van der Waals surface area contributed by atoms with Crippen LogP contribution in [0.15, 0.2) is 0 Å². The number of nitrogens with zero attached hydrogens (tertiary/aromatic N) is 2. The first kappa shape index (κ1) is 13.8. The number of aliphatic carboxylic acids is 1. The molecule has 0 radical (unpaired) electrons. The number of carbonyl (C=O) groups excluding carboxylic acids is 1. The number of piperazine rings is 1. The van der Waals surface area contributed by atoms with Crippen molar-refractivity contribution in [1.29, 1.82) is 0 Å². The Labute approximate surface area is 118 Å². The Hall–Kier alpha value is -1.14. The van der Waals surface area contributed by atoms with Gasteiger partial charge in [-0.05, 0) is 32.2 Å². The molecule has 0 aromatic rings. The molecule has 0 aliphatic carbocycles. The van der Waals surface area contributed by atoms with E-state index in [4.69, 9.17) is 9.84 Å². The van der Waals surface area contributed by atoms with E-state index in [1.54, 1.807) is 0 Å². The van der Waals surface area contributed by atoms with Gasteiger partial charge in [-0.2, -0.15) is 0 Å². The number of fused-ring (bicyclic) bond motifs is 1. The molecular formula is C14H22N2O4. The molecule has 6 heteroatoms. The van der Waals surface area contributed by atoms with Crippen molar-refractivity contribution in [2.75, 3.05) is 26.2 Å². The number of hydrogen-bond donors (Lipinski definition) is 1. The zero-order chi connectivity index (χ0) is 14.1. The average molecular weight is 282 g/mol. The van der Waals surface area contributed by atoms with Crippen LogP contribution >= 0.6 is 0 Å². The van der Waals surface area contributed by atoms with Gasteiger partial charge in [0.25, 0.3) is 5.91 Å². The Bertz CT molecular complexity index is 401. The Morgan fingerprint density at radius 2 is 1.80 bits per heavy atom. The van der Waals surface area contributed by atoms with E-state index in [1.807, 2.05) is 4.90 Å². The standard InChI is InChI=1S/C14H22N2O4/c17-13(11-4-5-12(20-11)14(18)19)16-8-7-15-6-2-1-3-10(15)9-16/h10-12H,1-9H2,(H,18,19)/t10?,11-,12+/m0/s1. The number of carboxylic acids is 1. The van der Waals surface area contributed by atoms with Crippen LogP contribution in [-0.2, 0) is 14.3 Å². The summed E-state index contributed by atoms with van der Waals surface area (Å²) >= 11 is 0. The number of piperidine rings is 1. The highest BCUT2D eigenvalue weighted by molar-refractivity contribution is 5.82. The number of carboxylic acid groups (broad SMARTS) is 1. The number of hydrogen-bond acceptors (Lipinski definition) is 4. The van der Waals surface area contributed by atoms with E-state index in [9.17, 15) is 9.59 Å². The van der Waals surface area contributed by atoms with E-state index in [1.165, 1.54) is 12.8 Å². The summed E-state index contributed by atoms with van der Waals surface area (Å²) in [7, 11) is 0. The van der Waals surface area contributed by atoms with E-state index in [0.29, 0.717) is 18.9 Å². The molecule has 3 fully saturated rings. The highest BCUT2D eigenvalue weighted by Crippen LogP contribution is 2.25. The van der Waals surface area contributed by atoms with Crippen molar-refractivity contribution in [2.45, 2.75) is 50.4 Å². The minimum absolute atomic E-state index is 0.0148. The van der Waals surface area contributed by atoms with Crippen molar-refractivity contribution in [3.8, 4) is 0 Å². The Morgan fingerprint density at radius 3 is 2.55 bits per heavy atom. The van der Waals surface area contributed by atoms with Gasteiger partial charge >= 0.3 is 5.97 Å².